The van der Waals surface area contributed by atoms with E-state index < -0.39 is 11.8 Å². The lowest BCUT2D eigenvalue weighted by Gasteiger charge is -2.11. The molecule has 2 aromatic rings. The second-order valence-corrected chi connectivity index (χ2v) is 5.79. The van der Waals surface area contributed by atoms with Gasteiger partial charge < -0.3 is 23.7 Å². The molecule has 0 heterocycles. The number of ether oxygens (including phenoxy) is 5. The topological polar surface area (TPSA) is 80.3 Å². The molecule has 0 saturated carbocycles. The van der Waals surface area contributed by atoms with Crippen LogP contribution in [0.1, 0.15) is 22.8 Å². The van der Waals surface area contributed by atoms with Gasteiger partial charge in [-0.2, -0.15) is 0 Å². The van der Waals surface area contributed by atoms with Gasteiger partial charge in [-0.15, -0.1) is 0 Å². The third-order valence-corrected chi connectivity index (χ3v) is 4.10. The minimum absolute atomic E-state index is 0.119. The summed E-state index contributed by atoms with van der Waals surface area (Å²) in [5.41, 5.74) is 0.730. The number of hydrogen-bond donors (Lipinski definition) is 0. The van der Waals surface area contributed by atoms with Gasteiger partial charge in [-0.3, -0.25) is 4.79 Å². The van der Waals surface area contributed by atoms with Crippen LogP contribution in [0.3, 0.4) is 0 Å². The summed E-state index contributed by atoms with van der Waals surface area (Å²) in [6.45, 7) is 1.81. The largest absolute Gasteiger partial charge is 0.493 e. The summed E-state index contributed by atoms with van der Waals surface area (Å²) >= 11 is 0. The molecule has 0 N–H and O–H groups in total. The second kappa shape index (κ2) is 10.2. The second-order valence-electron chi connectivity index (χ2n) is 5.79. The molecule has 0 fully saturated rings. The van der Waals surface area contributed by atoms with Gasteiger partial charge in [0, 0.05) is 5.56 Å². The van der Waals surface area contributed by atoms with Gasteiger partial charge in [0.1, 0.15) is 5.57 Å². The predicted molar refractivity (Wildman–Crippen MR) is 108 cm³/mol. The van der Waals surface area contributed by atoms with E-state index in [1.165, 1.54) is 40.6 Å². The summed E-state index contributed by atoms with van der Waals surface area (Å²) in [7, 11) is 6.00. The molecule has 154 valence electrons. The first-order valence-corrected chi connectivity index (χ1v) is 8.86. The van der Waals surface area contributed by atoms with E-state index in [0.29, 0.717) is 28.6 Å². The first-order chi connectivity index (χ1) is 14.0. The number of methoxy groups -OCH3 is 4. The Balaban J connectivity index is 2.52. The van der Waals surface area contributed by atoms with Crippen molar-refractivity contribution >= 4 is 17.8 Å². The quantitative estimate of drug-likeness (QED) is 0.209. The summed E-state index contributed by atoms with van der Waals surface area (Å²) < 4.78 is 26.0. The zero-order valence-corrected chi connectivity index (χ0v) is 17.1. The van der Waals surface area contributed by atoms with Gasteiger partial charge in [0.2, 0.25) is 0 Å². The Kier molecular flexibility index (Phi) is 7.65. The van der Waals surface area contributed by atoms with Gasteiger partial charge in [0.05, 0.1) is 35.0 Å². The van der Waals surface area contributed by atoms with Crippen molar-refractivity contribution in [2.75, 3.05) is 35.0 Å². The van der Waals surface area contributed by atoms with Gasteiger partial charge in [-0.05, 0) is 48.9 Å². The lowest BCUT2D eigenvalue weighted by molar-refractivity contribution is -0.137. The fourth-order valence-corrected chi connectivity index (χ4v) is 2.67. The molecule has 0 bridgehead atoms. The predicted octanol–water partition coefficient (Wildman–Crippen LogP) is 3.55. The molecule has 0 amide bonds. The molecule has 29 heavy (non-hydrogen) atoms. The summed E-state index contributed by atoms with van der Waals surface area (Å²) in [6.07, 6.45) is 1.46. The number of benzene rings is 2. The van der Waals surface area contributed by atoms with Crippen LogP contribution < -0.4 is 18.9 Å². The van der Waals surface area contributed by atoms with Crippen molar-refractivity contribution in [1.29, 1.82) is 0 Å². The van der Waals surface area contributed by atoms with Crippen LogP contribution in [0.2, 0.25) is 0 Å². The number of hydrogen-bond acceptors (Lipinski definition) is 7. The van der Waals surface area contributed by atoms with E-state index in [4.69, 9.17) is 23.7 Å². The van der Waals surface area contributed by atoms with E-state index in [-0.39, 0.29) is 17.7 Å². The number of esters is 1. The van der Waals surface area contributed by atoms with Gasteiger partial charge in [-0.25, -0.2) is 4.79 Å². The van der Waals surface area contributed by atoms with E-state index in [0.717, 1.165) is 0 Å². The maximum Gasteiger partial charge on any atom is 0.342 e. The monoisotopic (exact) mass is 400 g/mol. The third kappa shape index (κ3) is 5.07. The standard InChI is InChI=1S/C22H24O7/c1-6-29-22(24)16(11-14-7-9-17(25-2)19(12-14)27-4)21(23)15-8-10-18(26-3)20(13-15)28-5/h7-13H,6H2,1-5H3/b16-11+. The molecule has 0 aromatic heterocycles. The maximum atomic E-state index is 13.1. The number of rotatable bonds is 9. The van der Waals surface area contributed by atoms with Crippen molar-refractivity contribution in [1.82, 2.24) is 0 Å². The molecule has 0 aliphatic heterocycles. The molecular formula is C22H24O7. The molecule has 2 rings (SSSR count). The summed E-state index contributed by atoms with van der Waals surface area (Å²) in [5, 5.41) is 0. The van der Waals surface area contributed by atoms with Gasteiger partial charge in [-0.1, -0.05) is 6.07 Å². The van der Waals surface area contributed by atoms with Crippen LogP contribution in [0.25, 0.3) is 6.08 Å². The lowest BCUT2D eigenvalue weighted by Crippen LogP contribution is -2.16. The molecule has 0 saturated heterocycles. The van der Waals surface area contributed by atoms with E-state index in [1.807, 2.05) is 0 Å². The van der Waals surface area contributed by atoms with Crippen molar-refractivity contribution < 1.29 is 33.3 Å². The fourth-order valence-electron chi connectivity index (χ4n) is 2.67. The van der Waals surface area contributed by atoms with Crippen LogP contribution in [0.4, 0.5) is 0 Å². The van der Waals surface area contributed by atoms with Crippen molar-refractivity contribution in [3.8, 4) is 23.0 Å². The molecule has 0 aliphatic carbocycles. The summed E-state index contributed by atoms with van der Waals surface area (Å²) in [4.78, 5) is 25.6. The molecule has 0 aliphatic rings. The zero-order chi connectivity index (χ0) is 21.4. The average molecular weight is 400 g/mol. The molecule has 0 atom stereocenters. The normalized spacial score (nSPS) is 10.9. The Labute approximate surface area is 169 Å². The Morgan fingerprint density at radius 3 is 1.90 bits per heavy atom. The lowest BCUT2D eigenvalue weighted by atomic mass is 10.00. The third-order valence-electron chi connectivity index (χ3n) is 4.10. The minimum atomic E-state index is -0.720. The molecule has 0 unspecified atom stereocenters. The Bertz CT molecular complexity index is 915. The van der Waals surface area contributed by atoms with E-state index in [2.05, 4.69) is 0 Å². The van der Waals surface area contributed by atoms with Gasteiger partial charge in [0.25, 0.3) is 0 Å². The van der Waals surface area contributed by atoms with E-state index >= 15 is 0 Å². The van der Waals surface area contributed by atoms with Crippen LogP contribution in [0.15, 0.2) is 42.0 Å². The highest BCUT2D eigenvalue weighted by atomic mass is 16.5. The molecule has 7 nitrogen and oxygen atoms in total. The van der Waals surface area contributed by atoms with E-state index in [1.54, 1.807) is 37.3 Å². The number of carbonyl (C=O) groups excluding carboxylic acids is 2. The minimum Gasteiger partial charge on any atom is -0.493 e. The molecule has 0 radical (unpaired) electrons. The molecule has 0 spiro atoms. The summed E-state index contributed by atoms with van der Waals surface area (Å²) in [5.74, 6) is 0.649. The van der Waals surface area contributed by atoms with Crippen LogP contribution in [-0.2, 0) is 9.53 Å². The zero-order valence-electron chi connectivity index (χ0n) is 17.1. The Hall–Kier alpha value is -3.48. The van der Waals surface area contributed by atoms with Crippen LogP contribution in [0, 0.1) is 0 Å². The molecule has 2 aromatic carbocycles. The van der Waals surface area contributed by atoms with Crippen molar-refractivity contribution in [2.45, 2.75) is 6.92 Å². The van der Waals surface area contributed by atoms with Gasteiger partial charge >= 0.3 is 5.97 Å². The van der Waals surface area contributed by atoms with Crippen molar-refractivity contribution in [3.63, 3.8) is 0 Å². The first kappa shape index (κ1) is 21.8. The molecule has 7 heteroatoms. The summed E-state index contributed by atoms with van der Waals surface area (Å²) in [6, 6.07) is 9.75. The van der Waals surface area contributed by atoms with Crippen molar-refractivity contribution in [2.24, 2.45) is 0 Å². The van der Waals surface area contributed by atoms with Crippen LogP contribution in [0.5, 0.6) is 23.0 Å². The molecular weight excluding hydrogens is 376 g/mol. The van der Waals surface area contributed by atoms with E-state index in [9.17, 15) is 9.59 Å². The smallest absolute Gasteiger partial charge is 0.342 e. The Morgan fingerprint density at radius 1 is 0.793 bits per heavy atom. The number of Topliss-reactive ketones (excluding diaryl/α,β-unsaturated/α-hetero) is 1. The number of ketones is 1. The van der Waals surface area contributed by atoms with Crippen LogP contribution >= 0.6 is 0 Å². The fraction of sp³-hybridized carbons (Fsp3) is 0.273. The van der Waals surface area contributed by atoms with Crippen molar-refractivity contribution in [3.05, 3.63) is 53.1 Å². The van der Waals surface area contributed by atoms with Gasteiger partial charge in [0.15, 0.2) is 28.8 Å². The highest BCUT2D eigenvalue weighted by Crippen LogP contribution is 2.31. The number of carbonyl (C=O) groups is 2. The Morgan fingerprint density at radius 2 is 1.34 bits per heavy atom. The van der Waals surface area contributed by atoms with Crippen LogP contribution in [-0.4, -0.2) is 46.8 Å². The first-order valence-electron chi connectivity index (χ1n) is 8.86. The highest BCUT2D eigenvalue weighted by molar-refractivity contribution is 6.27. The highest BCUT2D eigenvalue weighted by Gasteiger charge is 2.23. The SMILES string of the molecule is CCOC(=O)/C(=C/c1ccc(OC)c(OC)c1)C(=O)c1ccc(OC)c(OC)c1. The maximum absolute atomic E-state index is 13.1. The average Bonchev–Trinajstić information content (AvgIpc) is 2.76.